The van der Waals surface area contributed by atoms with Crippen molar-refractivity contribution in [3.63, 3.8) is 0 Å². The van der Waals surface area contributed by atoms with Crippen LogP contribution in [0.25, 0.3) is 0 Å². The average Bonchev–Trinajstić information content (AvgIpc) is 2.76. The maximum atomic E-state index is 13.8. The van der Waals surface area contributed by atoms with Crippen molar-refractivity contribution in [2.24, 2.45) is 5.73 Å². The number of piperazine rings is 1. The van der Waals surface area contributed by atoms with Gasteiger partial charge in [-0.3, -0.25) is 9.88 Å². The van der Waals surface area contributed by atoms with E-state index >= 15 is 0 Å². The molecule has 3 atom stereocenters. The lowest BCUT2D eigenvalue weighted by atomic mass is 9.81. The van der Waals surface area contributed by atoms with Crippen LogP contribution in [0.5, 0.6) is 0 Å². The molecule has 1 fully saturated rings. The predicted molar refractivity (Wildman–Crippen MR) is 125 cm³/mol. The van der Waals surface area contributed by atoms with Crippen LogP contribution in [0.1, 0.15) is 37.4 Å². The Balaban J connectivity index is 0.00000341. The number of rotatable bonds is 8. The van der Waals surface area contributed by atoms with Crippen LogP contribution in [0.15, 0.2) is 48.7 Å². The molecule has 0 radical (unpaired) electrons. The highest BCUT2D eigenvalue weighted by atomic mass is 35.5. The summed E-state index contributed by atoms with van der Waals surface area (Å²) in [5.41, 5.74) is 8.06. The van der Waals surface area contributed by atoms with Gasteiger partial charge < -0.3 is 11.1 Å². The molecule has 0 bridgehead atoms. The first-order chi connectivity index (χ1) is 14.3. The van der Waals surface area contributed by atoms with Gasteiger partial charge in [-0.15, -0.1) is 12.4 Å². The Bertz CT molecular complexity index is 924. The molecule has 31 heavy (non-hydrogen) atoms. The van der Waals surface area contributed by atoms with Gasteiger partial charge in [-0.25, -0.2) is 12.8 Å². The molecule has 6 nitrogen and oxygen atoms in total. The Hall–Kier alpha value is -1.58. The molecule has 1 aromatic carbocycles. The molecule has 0 spiro atoms. The molecule has 1 aliphatic heterocycles. The summed E-state index contributed by atoms with van der Waals surface area (Å²) in [5, 5.41) is 3.28. The van der Waals surface area contributed by atoms with Crippen LogP contribution < -0.4 is 11.1 Å². The predicted octanol–water partition coefficient (Wildman–Crippen LogP) is 2.55. The first-order valence-corrected chi connectivity index (χ1v) is 12.1. The Labute approximate surface area is 190 Å². The summed E-state index contributed by atoms with van der Waals surface area (Å²) < 4.78 is 39.9. The number of pyridine rings is 1. The SMILES string of the molecule is CCCS(=O)(=O)C(C)(C(c1ccc(F)cc1)c1ccccn1)C(N)N1CCNCC1.Cl. The third-order valence-corrected chi connectivity index (χ3v) is 8.80. The molecule has 3 rings (SSSR count). The van der Waals surface area contributed by atoms with Crippen molar-refractivity contribution in [1.29, 1.82) is 0 Å². The first-order valence-electron chi connectivity index (χ1n) is 10.4. The molecule has 1 aromatic heterocycles. The van der Waals surface area contributed by atoms with E-state index in [1.54, 1.807) is 31.3 Å². The van der Waals surface area contributed by atoms with E-state index in [-0.39, 0.29) is 24.0 Å². The summed E-state index contributed by atoms with van der Waals surface area (Å²) in [6, 6.07) is 11.4. The lowest BCUT2D eigenvalue weighted by molar-refractivity contribution is 0.137. The molecule has 0 aliphatic carbocycles. The van der Waals surface area contributed by atoms with Crippen molar-refractivity contribution in [2.45, 2.75) is 37.1 Å². The maximum Gasteiger partial charge on any atom is 0.159 e. The molecule has 3 N–H and O–H groups in total. The molecule has 0 saturated carbocycles. The van der Waals surface area contributed by atoms with Crippen molar-refractivity contribution in [3.05, 3.63) is 65.7 Å². The standard InChI is InChI=1S/C22H31FN4O2S.ClH/c1-3-16-30(28,29)22(2,21(24)27-14-12-25-13-15-27)20(19-6-4-5-11-26-19)17-7-9-18(23)10-8-17;/h4-11,20-21,25H,3,12-16,24H2,1-2H3;1H. The lowest BCUT2D eigenvalue weighted by Crippen LogP contribution is -2.66. The fraction of sp³-hybridized carbons (Fsp3) is 0.500. The monoisotopic (exact) mass is 470 g/mol. The van der Waals surface area contributed by atoms with E-state index in [1.807, 2.05) is 24.0 Å². The third-order valence-electron chi connectivity index (χ3n) is 6.04. The zero-order valence-electron chi connectivity index (χ0n) is 18.0. The van der Waals surface area contributed by atoms with Gasteiger partial charge in [0.25, 0.3) is 0 Å². The molecule has 3 unspecified atom stereocenters. The van der Waals surface area contributed by atoms with Crippen LogP contribution in [-0.4, -0.2) is 61.1 Å². The molecule has 2 heterocycles. The summed E-state index contributed by atoms with van der Waals surface area (Å²) in [6.45, 7) is 6.41. The van der Waals surface area contributed by atoms with Crippen LogP contribution in [0.2, 0.25) is 0 Å². The number of hydrogen-bond donors (Lipinski definition) is 2. The normalized spacial score (nSPS) is 19.1. The first kappa shape index (κ1) is 25.7. The second-order valence-corrected chi connectivity index (χ2v) is 10.5. The number of sulfone groups is 1. The van der Waals surface area contributed by atoms with Crippen molar-refractivity contribution in [2.75, 3.05) is 31.9 Å². The fourth-order valence-corrected chi connectivity index (χ4v) is 6.45. The Morgan fingerprint density at radius 1 is 1.19 bits per heavy atom. The smallest absolute Gasteiger partial charge is 0.159 e. The molecule has 0 amide bonds. The number of hydrogen-bond acceptors (Lipinski definition) is 6. The van der Waals surface area contributed by atoms with Crippen LogP contribution in [0.4, 0.5) is 4.39 Å². The minimum absolute atomic E-state index is 0. The zero-order valence-corrected chi connectivity index (χ0v) is 19.6. The summed E-state index contributed by atoms with van der Waals surface area (Å²) in [6.07, 6.45) is 1.40. The summed E-state index contributed by atoms with van der Waals surface area (Å²) in [4.78, 5) is 6.53. The maximum absolute atomic E-state index is 13.8. The van der Waals surface area contributed by atoms with Gasteiger partial charge in [0.1, 0.15) is 10.6 Å². The second-order valence-electron chi connectivity index (χ2n) is 7.97. The van der Waals surface area contributed by atoms with E-state index in [0.29, 0.717) is 30.8 Å². The fourth-order valence-electron chi connectivity index (χ4n) is 4.34. The van der Waals surface area contributed by atoms with Gasteiger partial charge in [0.15, 0.2) is 9.84 Å². The van der Waals surface area contributed by atoms with Gasteiger partial charge in [0.2, 0.25) is 0 Å². The van der Waals surface area contributed by atoms with Gasteiger partial charge in [-0.05, 0) is 43.2 Å². The van der Waals surface area contributed by atoms with Crippen LogP contribution in [0, 0.1) is 5.82 Å². The van der Waals surface area contributed by atoms with Crippen molar-refractivity contribution in [3.8, 4) is 0 Å². The molecular formula is C22H32ClFN4O2S. The highest BCUT2D eigenvalue weighted by Crippen LogP contribution is 2.42. The van der Waals surface area contributed by atoms with E-state index in [2.05, 4.69) is 10.3 Å². The topological polar surface area (TPSA) is 88.3 Å². The van der Waals surface area contributed by atoms with Gasteiger partial charge >= 0.3 is 0 Å². The Morgan fingerprint density at radius 2 is 1.84 bits per heavy atom. The number of nitrogens with one attached hydrogen (secondary N) is 1. The summed E-state index contributed by atoms with van der Waals surface area (Å²) >= 11 is 0. The van der Waals surface area contributed by atoms with Crippen molar-refractivity contribution >= 4 is 22.2 Å². The number of nitrogens with zero attached hydrogens (tertiary/aromatic N) is 2. The summed E-state index contributed by atoms with van der Waals surface area (Å²) in [7, 11) is -3.65. The average molecular weight is 471 g/mol. The minimum Gasteiger partial charge on any atom is -0.314 e. The summed E-state index contributed by atoms with van der Waals surface area (Å²) in [5.74, 6) is -0.989. The molecule has 2 aromatic rings. The van der Waals surface area contributed by atoms with Gasteiger partial charge in [-0.1, -0.05) is 25.1 Å². The highest BCUT2D eigenvalue weighted by molar-refractivity contribution is 7.92. The molecule has 1 saturated heterocycles. The Morgan fingerprint density at radius 3 is 2.39 bits per heavy atom. The van der Waals surface area contributed by atoms with Crippen molar-refractivity contribution < 1.29 is 12.8 Å². The van der Waals surface area contributed by atoms with E-state index < -0.39 is 26.7 Å². The Kier molecular flexibility index (Phi) is 8.97. The van der Waals surface area contributed by atoms with Gasteiger partial charge in [0.05, 0.1) is 11.9 Å². The second kappa shape index (κ2) is 10.8. The molecule has 172 valence electrons. The van der Waals surface area contributed by atoms with Crippen molar-refractivity contribution in [1.82, 2.24) is 15.2 Å². The number of nitrogens with two attached hydrogens (primary N) is 1. The highest BCUT2D eigenvalue weighted by Gasteiger charge is 2.53. The largest absolute Gasteiger partial charge is 0.314 e. The molecular weight excluding hydrogens is 439 g/mol. The van der Waals surface area contributed by atoms with Crippen LogP contribution >= 0.6 is 12.4 Å². The molecule has 9 heteroatoms. The quantitative estimate of drug-likeness (QED) is 0.616. The van der Waals surface area contributed by atoms with E-state index in [9.17, 15) is 12.8 Å². The van der Waals surface area contributed by atoms with Crippen LogP contribution in [0.3, 0.4) is 0 Å². The molecule has 1 aliphatic rings. The third kappa shape index (κ3) is 5.26. The van der Waals surface area contributed by atoms with E-state index in [0.717, 1.165) is 13.1 Å². The minimum atomic E-state index is -3.65. The number of halogens is 2. The van der Waals surface area contributed by atoms with Gasteiger partial charge in [0, 0.05) is 44.0 Å². The number of benzene rings is 1. The zero-order chi connectivity index (χ0) is 21.8. The van der Waals surface area contributed by atoms with Gasteiger partial charge in [-0.2, -0.15) is 0 Å². The van der Waals surface area contributed by atoms with Crippen LogP contribution in [-0.2, 0) is 9.84 Å². The lowest BCUT2D eigenvalue weighted by Gasteiger charge is -2.47. The van der Waals surface area contributed by atoms with E-state index in [1.165, 1.54) is 12.1 Å². The van der Waals surface area contributed by atoms with E-state index in [4.69, 9.17) is 5.73 Å². The number of aromatic nitrogens is 1.